The minimum absolute atomic E-state index is 0.431. The molecule has 7 heteroatoms. The molecule has 0 aliphatic carbocycles. The quantitative estimate of drug-likeness (QED) is 0.603. The lowest BCUT2D eigenvalue weighted by atomic mass is 10.2. The summed E-state index contributed by atoms with van der Waals surface area (Å²) in [7, 11) is 1.62. The molecule has 0 saturated carbocycles. The first kappa shape index (κ1) is 16.7. The van der Waals surface area contributed by atoms with Crippen molar-refractivity contribution in [2.75, 3.05) is 25.6 Å². The Balaban J connectivity index is 2.11. The van der Waals surface area contributed by atoms with Crippen LogP contribution in [-0.4, -0.2) is 31.4 Å². The van der Waals surface area contributed by atoms with E-state index in [4.69, 9.17) is 14.0 Å². The number of nitrogens with zero attached hydrogens (tertiary/aromatic N) is 2. The summed E-state index contributed by atoms with van der Waals surface area (Å²) in [4.78, 5) is 4.47. The third kappa shape index (κ3) is 4.91. The van der Waals surface area contributed by atoms with E-state index in [1.807, 2.05) is 32.0 Å². The summed E-state index contributed by atoms with van der Waals surface area (Å²) in [5, 5.41) is 10.3. The lowest BCUT2D eigenvalue weighted by Crippen LogP contribution is -2.30. The molecule has 0 amide bonds. The molecule has 0 radical (unpaired) electrons. The van der Waals surface area contributed by atoms with E-state index in [0.717, 1.165) is 17.9 Å². The summed E-state index contributed by atoms with van der Waals surface area (Å²) in [6, 6.07) is 7.43. The first-order valence-electron chi connectivity index (χ1n) is 7.52. The van der Waals surface area contributed by atoms with Crippen molar-refractivity contribution in [1.82, 2.24) is 10.5 Å². The number of benzene rings is 1. The summed E-state index contributed by atoms with van der Waals surface area (Å²) in [6.45, 7) is 5.71. The van der Waals surface area contributed by atoms with E-state index < -0.39 is 0 Å². The van der Waals surface area contributed by atoms with E-state index >= 15 is 0 Å². The first-order valence-corrected chi connectivity index (χ1v) is 7.52. The fraction of sp³-hybridized carbons (Fsp3) is 0.375. The Morgan fingerprint density at radius 1 is 1.26 bits per heavy atom. The highest BCUT2D eigenvalue weighted by Crippen LogP contribution is 2.30. The zero-order valence-corrected chi connectivity index (χ0v) is 13.6. The molecule has 0 atom stereocenters. The second kappa shape index (κ2) is 8.67. The van der Waals surface area contributed by atoms with Crippen molar-refractivity contribution < 1.29 is 14.0 Å². The van der Waals surface area contributed by atoms with Crippen LogP contribution in [0.25, 0.3) is 0 Å². The molecular formula is C16H22N4O3. The number of guanidine groups is 1. The topological polar surface area (TPSA) is 80.9 Å². The third-order valence-electron chi connectivity index (χ3n) is 2.96. The maximum absolute atomic E-state index is 5.51. The maximum Gasteiger partial charge on any atom is 0.196 e. The van der Waals surface area contributed by atoms with Gasteiger partial charge >= 0.3 is 0 Å². The summed E-state index contributed by atoms with van der Waals surface area (Å²) in [5.74, 6) is 2.04. The highest BCUT2D eigenvalue weighted by atomic mass is 16.5. The van der Waals surface area contributed by atoms with E-state index in [1.165, 1.54) is 6.26 Å². The van der Waals surface area contributed by atoms with Gasteiger partial charge in [0.25, 0.3) is 0 Å². The van der Waals surface area contributed by atoms with Crippen molar-refractivity contribution in [3.05, 3.63) is 36.2 Å². The monoisotopic (exact) mass is 318 g/mol. The van der Waals surface area contributed by atoms with E-state index in [2.05, 4.69) is 20.8 Å². The third-order valence-corrected chi connectivity index (χ3v) is 2.96. The van der Waals surface area contributed by atoms with Crippen molar-refractivity contribution in [3.8, 4) is 11.5 Å². The number of aromatic nitrogens is 1. The molecule has 0 fully saturated rings. The van der Waals surface area contributed by atoms with Crippen LogP contribution in [0.15, 0.2) is 40.0 Å². The number of ether oxygens (including phenoxy) is 2. The Hall–Kier alpha value is -2.70. The van der Waals surface area contributed by atoms with Crippen LogP contribution in [0.2, 0.25) is 0 Å². The molecule has 0 saturated heterocycles. The lowest BCUT2D eigenvalue weighted by molar-refractivity contribution is 0.311. The second-order valence-corrected chi connectivity index (χ2v) is 4.61. The normalized spacial score (nSPS) is 11.2. The van der Waals surface area contributed by atoms with Crippen LogP contribution in [0.3, 0.4) is 0 Å². The molecule has 7 nitrogen and oxygen atoms in total. The van der Waals surface area contributed by atoms with Crippen LogP contribution in [0.5, 0.6) is 11.5 Å². The molecule has 2 aromatic rings. The summed E-state index contributed by atoms with van der Waals surface area (Å²) in [5.41, 5.74) is 1.62. The zero-order valence-electron chi connectivity index (χ0n) is 13.6. The van der Waals surface area contributed by atoms with Gasteiger partial charge in [0.05, 0.1) is 20.3 Å². The molecular weight excluding hydrogens is 296 g/mol. The van der Waals surface area contributed by atoms with Gasteiger partial charge < -0.3 is 24.6 Å². The van der Waals surface area contributed by atoms with Crippen LogP contribution in [0, 0.1) is 0 Å². The second-order valence-electron chi connectivity index (χ2n) is 4.61. The first-order chi connectivity index (χ1) is 11.3. The van der Waals surface area contributed by atoms with E-state index in [-0.39, 0.29) is 0 Å². The van der Waals surface area contributed by atoms with E-state index in [1.54, 1.807) is 13.2 Å². The SMILES string of the molecule is CCNC(=NCc1ccon1)Nc1ccc(OCC)c(OC)c1. The molecule has 0 spiro atoms. The van der Waals surface area contributed by atoms with Gasteiger partial charge in [-0.05, 0) is 26.0 Å². The van der Waals surface area contributed by atoms with Crippen LogP contribution < -0.4 is 20.1 Å². The van der Waals surface area contributed by atoms with Crippen LogP contribution in [-0.2, 0) is 6.54 Å². The van der Waals surface area contributed by atoms with E-state index in [9.17, 15) is 0 Å². The predicted molar refractivity (Wildman–Crippen MR) is 89.1 cm³/mol. The van der Waals surface area contributed by atoms with Crippen molar-refractivity contribution in [1.29, 1.82) is 0 Å². The number of aliphatic imine (C=N–C) groups is 1. The Bertz CT molecular complexity index is 626. The van der Waals surface area contributed by atoms with Crippen LogP contribution in [0.4, 0.5) is 5.69 Å². The molecule has 2 rings (SSSR count). The molecule has 1 aromatic carbocycles. The largest absolute Gasteiger partial charge is 0.493 e. The minimum atomic E-state index is 0.431. The molecule has 0 aliphatic heterocycles. The highest BCUT2D eigenvalue weighted by molar-refractivity contribution is 5.93. The average Bonchev–Trinajstić information content (AvgIpc) is 3.08. The van der Waals surface area contributed by atoms with Crippen molar-refractivity contribution in [2.45, 2.75) is 20.4 Å². The number of methoxy groups -OCH3 is 1. The number of hydrogen-bond acceptors (Lipinski definition) is 5. The summed E-state index contributed by atoms with van der Waals surface area (Å²) < 4.78 is 15.7. The van der Waals surface area contributed by atoms with Crippen LogP contribution in [0.1, 0.15) is 19.5 Å². The molecule has 2 N–H and O–H groups in total. The van der Waals surface area contributed by atoms with Crippen molar-refractivity contribution in [2.24, 2.45) is 4.99 Å². The molecule has 1 aromatic heterocycles. The van der Waals surface area contributed by atoms with Crippen molar-refractivity contribution in [3.63, 3.8) is 0 Å². The van der Waals surface area contributed by atoms with Gasteiger partial charge in [0.1, 0.15) is 12.0 Å². The van der Waals surface area contributed by atoms with Gasteiger partial charge in [0, 0.05) is 24.4 Å². The standard InChI is InChI=1S/C16H22N4O3/c1-4-17-16(18-11-13-8-9-23-20-13)19-12-6-7-14(22-5-2)15(10-12)21-3/h6-10H,4-5,11H2,1-3H3,(H2,17,18,19). The lowest BCUT2D eigenvalue weighted by Gasteiger charge is -2.14. The predicted octanol–water partition coefficient (Wildman–Crippen LogP) is 2.66. The molecule has 0 unspecified atom stereocenters. The van der Waals surface area contributed by atoms with Gasteiger partial charge in [-0.2, -0.15) is 0 Å². The van der Waals surface area contributed by atoms with Gasteiger partial charge in [0.2, 0.25) is 0 Å². The van der Waals surface area contributed by atoms with Crippen molar-refractivity contribution >= 4 is 11.6 Å². The molecule has 0 aliphatic rings. The number of rotatable bonds is 7. The minimum Gasteiger partial charge on any atom is -0.493 e. The van der Waals surface area contributed by atoms with Gasteiger partial charge in [-0.1, -0.05) is 5.16 Å². The van der Waals surface area contributed by atoms with Crippen LogP contribution >= 0.6 is 0 Å². The Morgan fingerprint density at radius 2 is 2.13 bits per heavy atom. The smallest absolute Gasteiger partial charge is 0.196 e. The Morgan fingerprint density at radius 3 is 2.78 bits per heavy atom. The van der Waals surface area contributed by atoms with Gasteiger partial charge in [0.15, 0.2) is 17.5 Å². The molecule has 124 valence electrons. The Labute approximate surface area is 135 Å². The van der Waals surface area contributed by atoms with Gasteiger partial charge in [-0.15, -0.1) is 0 Å². The number of nitrogens with one attached hydrogen (secondary N) is 2. The fourth-order valence-electron chi connectivity index (χ4n) is 1.94. The maximum atomic E-state index is 5.51. The zero-order chi connectivity index (χ0) is 16.5. The number of hydrogen-bond donors (Lipinski definition) is 2. The Kier molecular flexibility index (Phi) is 6.28. The molecule has 0 bridgehead atoms. The fourth-order valence-corrected chi connectivity index (χ4v) is 1.94. The average molecular weight is 318 g/mol. The molecule has 23 heavy (non-hydrogen) atoms. The highest BCUT2D eigenvalue weighted by Gasteiger charge is 2.07. The van der Waals surface area contributed by atoms with Gasteiger partial charge in [-0.3, -0.25) is 0 Å². The number of anilines is 1. The van der Waals surface area contributed by atoms with E-state index in [0.29, 0.717) is 30.6 Å². The molecule has 1 heterocycles. The summed E-state index contributed by atoms with van der Waals surface area (Å²) >= 11 is 0. The summed E-state index contributed by atoms with van der Waals surface area (Å²) in [6.07, 6.45) is 1.53. The van der Waals surface area contributed by atoms with Gasteiger partial charge in [-0.25, -0.2) is 4.99 Å².